The van der Waals surface area contributed by atoms with Gasteiger partial charge in [0.25, 0.3) is 11.8 Å². The van der Waals surface area contributed by atoms with Crippen LogP contribution in [0.25, 0.3) is 0 Å². The predicted molar refractivity (Wildman–Crippen MR) is 59.8 cm³/mol. The lowest BCUT2D eigenvalue weighted by Gasteiger charge is -2.08. The van der Waals surface area contributed by atoms with Gasteiger partial charge >= 0.3 is 0 Å². The first-order valence-electron chi connectivity index (χ1n) is 5.30. The van der Waals surface area contributed by atoms with Crippen LogP contribution in [-0.4, -0.2) is 29.9 Å². The Balaban J connectivity index is 2.34. The fourth-order valence-electron chi connectivity index (χ4n) is 1.39. The zero-order valence-corrected chi connectivity index (χ0v) is 9.40. The number of rotatable bonds is 4. The van der Waals surface area contributed by atoms with Crippen molar-refractivity contribution in [1.82, 2.24) is 10.3 Å². The van der Waals surface area contributed by atoms with Gasteiger partial charge in [-0.05, 0) is 18.9 Å². The van der Waals surface area contributed by atoms with Gasteiger partial charge in [0, 0.05) is 7.05 Å². The number of carbonyl (C=O) groups excluding carboxylic acids is 2. The van der Waals surface area contributed by atoms with E-state index in [1.165, 1.54) is 19.3 Å². The highest BCUT2D eigenvalue weighted by Gasteiger charge is 2.25. The lowest BCUT2D eigenvalue weighted by atomic mass is 10.1. The highest BCUT2D eigenvalue weighted by atomic mass is 16.5. The van der Waals surface area contributed by atoms with Crippen LogP contribution >= 0.6 is 0 Å². The zero-order chi connectivity index (χ0) is 12.4. The minimum atomic E-state index is -0.735. The highest BCUT2D eigenvalue weighted by Crippen LogP contribution is 2.27. The largest absolute Gasteiger partial charge is 0.489 e. The summed E-state index contributed by atoms with van der Waals surface area (Å²) in [6, 6.07) is 1.49. The molecule has 6 heteroatoms. The van der Waals surface area contributed by atoms with Crippen molar-refractivity contribution in [3.05, 3.63) is 23.5 Å². The maximum absolute atomic E-state index is 11.6. The normalized spacial score (nSPS) is 14.2. The number of hydrogen-bond donors (Lipinski definition) is 2. The molecule has 0 saturated heterocycles. The summed E-state index contributed by atoms with van der Waals surface area (Å²) >= 11 is 0. The van der Waals surface area contributed by atoms with Crippen LogP contribution in [0.15, 0.2) is 12.3 Å². The fraction of sp³-hybridized carbons (Fsp3) is 0.364. The Kier molecular flexibility index (Phi) is 2.95. The van der Waals surface area contributed by atoms with Crippen LogP contribution < -0.4 is 15.8 Å². The van der Waals surface area contributed by atoms with Crippen LogP contribution in [0.1, 0.15) is 33.7 Å². The van der Waals surface area contributed by atoms with Gasteiger partial charge in [0.1, 0.15) is 11.4 Å². The quantitative estimate of drug-likeness (QED) is 0.772. The van der Waals surface area contributed by atoms with Crippen LogP contribution in [0.2, 0.25) is 0 Å². The Hall–Kier alpha value is -2.11. The van der Waals surface area contributed by atoms with E-state index in [2.05, 4.69) is 10.3 Å². The van der Waals surface area contributed by atoms with E-state index in [1.54, 1.807) is 0 Å². The molecule has 90 valence electrons. The number of nitrogens with zero attached hydrogens (tertiary/aromatic N) is 1. The number of nitrogens with one attached hydrogen (secondary N) is 1. The van der Waals surface area contributed by atoms with Gasteiger partial charge in [0.2, 0.25) is 0 Å². The van der Waals surface area contributed by atoms with E-state index in [-0.39, 0.29) is 17.4 Å². The van der Waals surface area contributed by atoms with Crippen molar-refractivity contribution in [1.29, 1.82) is 0 Å². The van der Waals surface area contributed by atoms with E-state index in [9.17, 15) is 9.59 Å². The van der Waals surface area contributed by atoms with Crippen LogP contribution in [0, 0.1) is 0 Å². The smallest absolute Gasteiger partial charge is 0.268 e. The molecule has 0 radical (unpaired) electrons. The van der Waals surface area contributed by atoms with E-state index < -0.39 is 11.8 Å². The molecule has 0 spiro atoms. The summed E-state index contributed by atoms with van der Waals surface area (Å²) in [5, 5.41) is 2.43. The Morgan fingerprint density at radius 1 is 1.53 bits per heavy atom. The molecule has 1 aliphatic rings. The molecule has 6 nitrogen and oxygen atoms in total. The second kappa shape index (κ2) is 4.40. The average Bonchev–Trinajstić information content (AvgIpc) is 3.11. The number of primary amides is 1. The number of hydrogen-bond acceptors (Lipinski definition) is 4. The summed E-state index contributed by atoms with van der Waals surface area (Å²) in [6.07, 6.45) is 3.62. The first kappa shape index (κ1) is 11.4. The predicted octanol–water partition coefficient (Wildman–Crippen LogP) is 0.0813. The Morgan fingerprint density at radius 2 is 2.24 bits per heavy atom. The van der Waals surface area contributed by atoms with Crippen molar-refractivity contribution in [2.75, 3.05) is 7.05 Å². The lowest BCUT2D eigenvalue weighted by molar-refractivity contribution is 0.0940. The molecule has 17 heavy (non-hydrogen) atoms. The first-order chi connectivity index (χ1) is 8.11. The van der Waals surface area contributed by atoms with Crippen LogP contribution in [0.3, 0.4) is 0 Å². The molecule has 1 aliphatic carbocycles. The fourth-order valence-corrected chi connectivity index (χ4v) is 1.39. The summed E-state index contributed by atoms with van der Waals surface area (Å²) in [6.45, 7) is 0. The van der Waals surface area contributed by atoms with Gasteiger partial charge in [-0.1, -0.05) is 0 Å². The summed E-state index contributed by atoms with van der Waals surface area (Å²) in [5.41, 5.74) is 5.24. The number of ether oxygens (including phenoxy) is 1. The van der Waals surface area contributed by atoms with Gasteiger partial charge in [-0.2, -0.15) is 0 Å². The summed E-state index contributed by atoms with van der Waals surface area (Å²) in [4.78, 5) is 26.6. The third-order valence-electron chi connectivity index (χ3n) is 2.39. The minimum Gasteiger partial charge on any atom is -0.489 e. The maximum atomic E-state index is 11.6. The Bertz CT molecular complexity index is 469. The van der Waals surface area contributed by atoms with Gasteiger partial charge in [0.15, 0.2) is 0 Å². The molecule has 0 unspecified atom stereocenters. The molecule has 0 atom stereocenters. The minimum absolute atomic E-state index is 0.0486. The van der Waals surface area contributed by atoms with Gasteiger partial charge in [-0.15, -0.1) is 0 Å². The molecule has 0 aliphatic heterocycles. The summed E-state index contributed by atoms with van der Waals surface area (Å²) in [7, 11) is 1.47. The third-order valence-corrected chi connectivity index (χ3v) is 2.39. The van der Waals surface area contributed by atoms with Gasteiger partial charge in [-0.25, -0.2) is 4.98 Å². The lowest BCUT2D eigenvalue weighted by Crippen LogP contribution is -2.24. The molecule has 2 amide bonds. The Morgan fingerprint density at radius 3 is 2.76 bits per heavy atom. The summed E-state index contributed by atoms with van der Waals surface area (Å²) < 4.78 is 5.50. The van der Waals surface area contributed by atoms with Crippen molar-refractivity contribution in [3.8, 4) is 5.75 Å². The molecule has 3 N–H and O–H groups in total. The topological polar surface area (TPSA) is 94.3 Å². The second-order valence-corrected chi connectivity index (χ2v) is 3.83. The molecule has 2 rings (SSSR count). The molecule has 0 bridgehead atoms. The van der Waals surface area contributed by atoms with Crippen molar-refractivity contribution < 1.29 is 14.3 Å². The van der Waals surface area contributed by atoms with E-state index in [0.717, 1.165) is 12.8 Å². The molecule has 0 aromatic carbocycles. The number of nitrogens with two attached hydrogens (primary N) is 1. The monoisotopic (exact) mass is 235 g/mol. The average molecular weight is 235 g/mol. The van der Waals surface area contributed by atoms with Crippen LogP contribution in [0.4, 0.5) is 0 Å². The van der Waals surface area contributed by atoms with E-state index >= 15 is 0 Å². The van der Waals surface area contributed by atoms with Crippen molar-refractivity contribution in [3.63, 3.8) is 0 Å². The molecule has 1 fully saturated rings. The first-order valence-corrected chi connectivity index (χ1v) is 5.30. The van der Waals surface area contributed by atoms with E-state index in [1.807, 2.05) is 0 Å². The molecule has 1 aromatic rings. The van der Waals surface area contributed by atoms with Gasteiger partial charge < -0.3 is 15.8 Å². The number of pyridine rings is 1. The van der Waals surface area contributed by atoms with Gasteiger partial charge in [0.05, 0.1) is 17.9 Å². The maximum Gasteiger partial charge on any atom is 0.268 e. The van der Waals surface area contributed by atoms with Crippen LogP contribution in [-0.2, 0) is 0 Å². The van der Waals surface area contributed by atoms with Crippen LogP contribution in [0.5, 0.6) is 5.75 Å². The number of aromatic nitrogens is 1. The Labute approximate surface area is 98.2 Å². The second-order valence-electron chi connectivity index (χ2n) is 3.83. The van der Waals surface area contributed by atoms with E-state index in [4.69, 9.17) is 10.5 Å². The summed E-state index contributed by atoms with van der Waals surface area (Å²) in [5.74, 6) is -0.662. The van der Waals surface area contributed by atoms with Crippen molar-refractivity contribution in [2.45, 2.75) is 18.9 Å². The highest BCUT2D eigenvalue weighted by molar-refractivity contribution is 6.05. The number of amides is 2. The molecular formula is C11H13N3O3. The molecule has 1 saturated carbocycles. The third kappa shape index (κ3) is 2.52. The standard InChI is InChI=1S/C11H13N3O3/c1-13-11(16)8-4-7(17-6-2-3-6)5-14-9(8)10(12)15/h4-6H,2-3H2,1H3,(H2,12,15)(H,13,16). The van der Waals surface area contributed by atoms with Gasteiger partial charge in [-0.3, -0.25) is 9.59 Å². The number of carbonyl (C=O) groups is 2. The van der Waals surface area contributed by atoms with Crippen molar-refractivity contribution >= 4 is 11.8 Å². The molecule has 1 aromatic heterocycles. The van der Waals surface area contributed by atoms with Crippen molar-refractivity contribution in [2.24, 2.45) is 5.73 Å². The van der Waals surface area contributed by atoms with E-state index in [0.29, 0.717) is 5.75 Å². The zero-order valence-electron chi connectivity index (χ0n) is 9.40. The molecule has 1 heterocycles. The SMILES string of the molecule is CNC(=O)c1cc(OC2CC2)cnc1C(N)=O. The molecular weight excluding hydrogens is 222 g/mol.